The van der Waals surface area contributed by atoms with E-state index < -0.39 is 27.7 Å². The number of anilines is 1. The molecule has 0 aliphatic heterocycles. The Labute approximate surface area is 228 Å². The van der Waals surface area contributed by atoms with E-state index in [9.17, 15) is 23.3 Å². The zero-order chi connectivity index (χ0) is 27.3. The lowest BCUT2D eigenvalue weighted by atomic mass is 10.0. The van der Waals surface area contributed by atoms with Gasteiger partial charge in [0.25, 0.3) is 11.8 Å². The first-order valence-corrected chi connectivity index (χ1v) is 14.2. The second kappa shape index (κ2) is 11.9. The quantitative estimate of drug-likeness (QED) is 0.373. The highest BCUT2D eigenvalue weighted by molar-refractivity contribution is 9.10. The maximum atomic E-state index is 13.4. The summed E-state index contributed by atoms with van der Waals surface area (Å²) in [4.78, 5) is 30.8. The van der Waals surface area contributed by atoms with Crippen LogP contribution in [0.3, 0.4) is 0 Å². The van der Waals surface area contributed by atoms with E-state index in [-0.39, 0.29) is 44.9 Å². The third-order valence-electron chi connectivity index (χ3n) is 5.52. The number of carbonyl (C=O) groups excluding carboxylic acids is 2. The van der Waals surface area contributed by atoms with E-state index in [0.717, 1.165) is 0 Å². The van der Waals surface area contributed by atoms with Crippen LogP contribution >= 0.6 is 27.5 Å². The monoisotopic (exact) mass is 606 g/mol. The number of nitrogens with one attached hydrogen (secondary N) is 2. The first-order chi connectivity index (χ1) is 17.5. The van der Waals surface area contributed by atoms with Gasteiger partial charge in [-0.2, -0.15) is 10.4 Å². The van der Waals surface area contributed by atoms with Gasteiger partial charge in [-0.1, -0.05) is 25.4 Å². The topological polar surface area (TPSA) is 147 Å². The largest absolute Gasteiger partial charge is 0.348 e. The molecule has 2 N–H and O–H groups in total. The Balaban J connectivity index is 1.99. The van der Waals surface area contributed by atoms with Gasteiger partial charge < -0.3 is 10.6 Å². The SMILES string of the molecule is CCC(CS(=O)(=O)CC)NC(=O)c1cc(C#N)cc(C)c1NC(=O)c1cc(Br)nn1-c1ncccc1Cl. The third-order valence-corrected chi connectivity index (χ3v) is 8.00. The Morgan fingerprint density at radius 1 is 1.24 bits per heavy atom. The number of halogens is 2. The van der Waals surface area contributed by atoms with E-state index >= 15 is 0 Å². The number of nitriles is 1. The number of sulfone groups is 1. The first kappa shape index (κ1) is 28.3. The lowest BCUT2D eigenvalue weighted by Gasteiger charge is -2.19. The number of hydrogen-bond acceptors (Lipinski definition) is 7. The summed E-state index contributed by atoms with van der Waals surface area (Å²) in [5.74, 6) is -1.26. The number of aryl methyl sites for hydroxylation is 1. The summed E-state index contributed by atoms with van der Waals surface area (Å²) in [6.07, 6.45) is 1.89. The van der Waals surface area contributed by atoms with Gasteiger partial charge in [-0.05, 0) is 59.1 Å². The van der Waals surface area contributed by atoms with E-state index in [1.807, 2.05) is 6.07 Å². The number of aromatic nitrogens is 3. The Kier molecular flexibility index (Phi) is 9.07. The number of benzene rings is 1. The molecule has 1 aromatic carbocycles. The molecule has 0 fully saturated rings. The van der Waals surface area contributed by atoms with Crippen LogP contribution in [0.5, 0.6) is 0 Å². The van der Waals surface area contributed by atoms with Gasteiger partial charge >= 0.3 is 0 Å². The molecule has 13 heteroatoms. The number of nitrogens with zero attached hydrogens (tertiary/aromatic N) is 4. The summed E-state index contributed by atoms with van der Waals surface area (Å²) in [5.41, 5.74) is 0.961. The van der Waals surface area contributed by atoms with Crippen LogP contribution in [0, 0.1) is 18.3 Å². The molecule has 194 valence electrons. The van der Waals surface area contributed by atoms with Crippen LogP contribution in [-0.2, 0) is 9.84 Å². The Bertz CT molecular complexity index is 1500. The average molecular weight is 608 g/mol. The minimum Gasteiger partial charge on any atom is -0.348 e. The van der Waals surface area contributed by atoms with Crippen LogP contribution in [-0.4, -0.2) is 52.5 Å². The Hall–Kier alpha value is -3.27. The molecule has 0 saturated heterocycles. The maximum absolute atomic E-state index is 13.4. The molecule has 2 aromatic heterocycles. The van der Waals surface area contributed by atoms with Crippen LogP contribution in [0.15, 0.2) is 41.1 Å². The highest BCUT2D eigenvalue weighted by atomic mass is 79.9. The molecular formula is C24H24BrClN6O4S. The average Bonchev–Trinajstić information content (AvgIpc) is 3.26. The van der Waals surface area contributed by atoms with Crippen molar-refractivity contribution in [1.29, 1.82) is 5.26 Å². The molecule has 10 nitrogen and oxygen atoms in total. The van der Waals surface area contributed by atoms with Crippen molar-refractivity contribution in [3.8, 4) is 11.9 Å². The Morgan fingerprint density at radius 3 is 2.59 bits per heavy atom. The minimum absolute atomic E-state index is 0.0262. The van der Waals surface area contributed by atoms with Gasteiger partial charge in [0.2, 0.25) is 0 Å². The molecule has 3 rings (SSSR count). The highest BCUT2D eigenvalue weighted by Gasteiger charge is 2.25. The fourth-order valence-electron chi connectivity index (χ4n) is 3.53. The van der Waals surface area contributed by atoms with Crippen LogP contribution in [0.1, 0.15) is 52.2 Å². The van der Waals surface area contributed by atoms with Crippen molar-refractivity contribution in [2.24, 2.45) is 0 Å². The van der Waals surface area contributed by atoms with Crippen molar-refractivity contribution in [2.75, 3.05) is 16.8 Å². The van der Waals surface area contributed by atoms with E-state index in [0.29, 0.717) is 16.6 Å². The number of pyridine rings is 1. The maximum Gasteiger partial charge on any atom is 0.274 e. The number of rotatable bonds is 9. The molecule has 2 amide bonds. The molecule has 0 aliphatic carbocycles. The molecule has 1 atom stereocenters. The fraction of sp³-hybridized carbons (Fsp3) is 0.292. The number of carbonyl (C=O) groups is 2. The summed E-state index contributed by atoms with van der Waals surface area (Å²) < 4.78 is 25.8. The molecule has 0 aliphatic rings. The van der Waals surface area contributed by atoms with Gasteiger partial charge in [0.15, 0.2) is 15.7 Å². The molecular weight excluding hydrogens is 584 g/mol. The van der Waals surface area contributed by atoms with Crippen molar-refractivity contribution in [3.63, 3.8) is 0 Å². The number of amides is 2. The van der Waals surface area contributed by atoms with Gasteiger partial charge in [-0.15, -0.1) is 0 Å². The summed E-state index contributed by atoms with van der Waals surface area (Å²) >= 11 is 9.51. The normalized spacial score (nSPS) is 12.0. The number of hydrogen-bond donors (Lipinski definition) is 2. The first-order valence-electron chi connectivity index (χ1n) is 11.2. The van der Waals surface area contributed by atoms with Gasteiger partial charge in [-0.3, -0.25) is 9.59 Å². The highest BCUT2D eigenvalue weighted by Crippen LogP contribution is 2.26. The molecule has 0 bridgehead atoms. The van der Waals surface area contributed by atoms with Crippen molar-refractivity contribution in [2.45, 2.75) is 33.2 Å². The zero-order valence-electron chi connectivity index (χ0n) is 20.2. The third kappa shape index (κ3) is 6.74. The molecule has 2 heterocycles. The summed E-state index contributed by atoms with van der Waals surface area (Å²) in [6.45, 7) is 4.95. The van der Waals surface area contributed by atoms with E-state index in [2.05, 4.69) is 36.6 Å². The van der Waals surface area contributed by atoms with E-state index in [1.165, 1.54) is 29.1 Å². The standard InChI is InChI=1S/C24H24BrClN6O4S/c1-4-16(13-37(35,36)5-2)29-23(33)17-10-15(12-27)9-14(3)21(17)30-24(34)19-11-20(25)31-32(19)22-18(26)7-6-8-28-22/h6-11,16H,4-5,13H2,1-3H3,(H,29,33)(H,30,34). The van der Waals surface area contributed by atoms with Gasteiger partial charge in [0.1, 0.15) is 10.3 Å². The molecule has 1 unspecified atom stereocenters. The van der Waals surface area contributed by atoms with Crippen molar-refractivity contribution >= 4 is 54.9 Å². The van der Waals surface area contributed by atoms with Crippen molar-refractivity contribution < 1.29 is 18.0 Å². The Morgan fingerprint density at radius 2 is 1.97 bits per heavy atom. The van der Waals surface area contributed by atoms with Crippen molar-refractivity contribution in [3.05, 3.63) is 68.5 Å². The van der Waals surface area contributed by atoms with E-state index in [4.69, 9.17) is 11.6 Å². The van der Waals surface area contributed by atoms with Gasteiger partial charge in [-0.25, -0.2) is 18.1 Å². The second-order valence-corrected chi connectivity index (χ2v) is 11.7. The van der Waals surface area contributed by atoms with Crippen LogP contribution < -0.4 is 10.6 Å². The van der Waals surface area contributed by atoms with Gasteiger partial charge in [0, 0.05) is 24.1 Å². The zero-order valence-corrected chi connectivity index (χ0v) is 23.4. The summed E-state index contributed by atoms with van der Waals surface area (Å²) in [6, 6.07) is 8.97. The van der Waals surface area contributed by atoms with Crippen LogP contribution in [0.2, 0.25) is 5.02 Å². The molecule has 0 spiro atoms. The van der Waals surface area contributed by atoms with E-state index in [1.54, 1.807) is 32.9 Å². The second-order valence-electron chi connectivity index (χ2n) is 8.13. The lowest BCUT2D eigenvalue weighted by Crippen LogP contribution is -2.40. The molecule has 0 saturated carbocycles. The van der Waals surface area contributed by atoms with Crippen LogP contribution in [0.4, 0.5) is 5.69 Å². The fourth-order valence-corrected chi connectivity index (χ4v) is 5.28. The van der Waals surface area contributed by atoms with Crippen molar-refractivity contribution in [1.82, 2.24) is 20.1 Å². The predicted octanol–water partition coefficient (Wildman–Crippen LogP) is 4.06. The minimum atomic E-state index is -3.34. The smallest absolute Gasteiger partial charge is 0.274 e. The molecule has 37 heavy (non-hydrogen) atoms. The van der Waals surface area contributed by atoms with Crippen LogP contribution in [0.25, 0.3) is 5.82 Å². The van der Waals surface area contributed by atoms with Gasteiger partial charge in [0.05, 0.1) is 33.7 Å². The lowest BCUT2D eigenvalue weighted by molar-refractivity contribution is 0.0940. The molecule has 3 aromatic rings. The summed E-state index contributed by atoms with van der Waals surface area (Å²) in [7, 11) is -3.34. The molecule has 0 radical (unpaired) electrons. The summed E-state index contributed by atoms with van der Waals surface area (Å²) in [5, 5.41) is 19.4. The predicted molar refractivity (Wildman–Crippen MR) is 144 cm³/mol.